The minimum Gasteiger partial charge on any atom is -0.453 e. The van der Waals surface area contributed by atoms with E-state index in [2.05, 4.69) is 12.6 Å². The van der Waals surface area contributed by atoms with Gasteiger partial charge < -0.3 is 9.47 Å². The van der Waals surface area contributed by atoms with Crippen LogP contribution >= 0.6 is 0 Å². The first kappa shape index (κ1) is 12.2. The predicted octanol–water partition coefficient (Wildman–Crippen LogP) is 2.28. The summed E-state index contributed by atoms with van der Waals surface area (Å²) in [6.07, 6.45) is 0.398. The van der Waals surface area contributed by atoms with E-state index in [1.54, 1.807) is 18.2 Å². The lowest BCUT2D eigenvalue weighted by Crippen LogP contribution is -2.36. The summed E-state index contributed by atoms with van der Waals surface area (Å²) in [5, 5.41) is 8.90. The maximum Gasteiger partial charge on any atom is 0.333 e. The van der Waals surface area contributed by atoms with Crippen molar-refractivity contribution in [1.82, 2.24) is 0 Å². The molecule has 4 nitrogen and oxygen atoms in total. The lowest BCUT2D eigenvalue weighted by molar-refractivity contribution is -0.162. The minimum absolute atomic E-state index is 0.499. The average molecular weight is 243 g/mol. The molecule has 0 saturated carbocycles. The Bertz CT molecular complexity index is 555. The second-order valence-corrected chi connectivity index (χ2v) is 4.64. The first-order valence-electron chi connectivity index (χ1n) is 5.53. The van der Waals surface area contributed by atoms with Crippen LogP contribution in [-0.2, 0) is 14.9 Å². The third-order valence-electron chi connectivity index (χ3n) is 3.02. The number of benzene rings is 1. The number of carbonyl (C=O) groups excluding carboxylic acids is 1. The Morgan fingerprint density at radius 1 is 1.61 bits per heavy atom. The fourth-order valence-corrected chi connectivity index (χ4v) is 1.92. The van der Waals surface area contributed by atoms with Gasteiger partial charge in [-0.15, -0.1) is 0 Å². The number of ether oxygens (including phenoxy) is 2. The van der Waals surface area contributed by atoms with Gasteiger partial charge in [0.05, 0.1) is 17.0 Å². The van der Waals surface area contributed by atoms with Crippen LogP contribution in [0.2, 0.25) is 0 Å². The molecule has 1 atom stereocenters. The highest BCUT2D eigenvalue weighted by atomic mass is 16.7. The summed E-state index contributed by atoms with van der Waals surface area (Å²) >= 11 is 0. The Morgan fingerprint density at radius 2 is 2.33 bits per heavy atom. The lowest BCUT2D eigenvalue weighted by Gasteiger charge is -2.24. The molecule has 92 valence electrons. The number of esters is 1. The highest BCUT2D eigenvalue weighted by Crippen LogP contribution is 2.43. The maximum absolute atomic E-state index is 11.3. The molecule has 1 aliphatic heterocycles. The van der Waals surface area contributed by atoms with Crippen molar-refractivity contribution in [3.8, 4) is 11.8 Å². The fourth-order valence-electron chi connectivity index (χ4n) is 1.92. The van der Waals surface area contributed by atoms with Gasteiger partial charge in [-0.3, -0.25) is 0 Å². The van der Waals surface area contributed by atoms with Crippen molar-refractivity contribution in [1.29, 1.82) is 5.26 Å². The van der Waals surface area contributed by atoms with Crippen molar-refractivity contribution in [2.24, 2.45) is 0 Å². The van der Waals surface area contributed by atoms with Crippen LogP contribution < -0.4 is 4.74 Å². The monoisotopic (exact) mass is 243 g/mol. The van der Waals surface area contributed by atoms with Crippen LogP contribution in [0.4, 0.5) is 0 Å². The molecule has 0 saturated heterocycles. The molecule has 18 heavy (non-hydrogen) atoms. The van der Waals surface area contributed by atoms with Gasteiger partial charge in [-0.25, -0.2) is 4.79 Å². The van der Waals surface area contributed by atoms with E-state index in [1.165, 1.54) is 0 Å². The molecule has 0 aliphatic carbocycles. The van der Waals surface area contributed by atoms with Gasteiger partial charge in [-0.2, -0.15) is 5.26 Å². The van der Waals surface area contributed by atoms with E-state index in [1.807, 2.05) is 13.8 Å². The topological polar surface area (TPSA) is 59.3 Å². The molecule has 0 N–H and O–H groups in total. The van der Waals surface area contributed by atoms with E-state index in [-0.39, 0.29) is 0 Å². The predicted molar refractivity (Wildman–Crippen MR) is 64.9 cm³/mol. The van der Waals surface area contributed by atoms with Crippen LogP contribution in [0.3, 0.4) is 0 Å². The third-order valence-corrected chi connectivity index (χ3v) is 3.02. The lowest BCUT2D eigenvalue weighted by atomic mass is 9.84. The van der Waals surface area contributed by atoms with Crippen molar-refractivity contribution < 1.29 is 14.3 Å². The normalized spacial score (nSPS) is 19.3. The molecule has 1 aromatic carbocycles. The van der Waals surface area contributed by atoms with E-state index < -0.39 is 17.7 Å². The number of hydrogen-bond acceptors (Lipinski definition) is 4. The van der Waals surface area contributed by atoms with Gasteiger partial charge in [0.15, 0.2) is 0 Å². The van der Waals surface area contributed by atoms with E-state index in [0.29, 0.717) is 11.3 Å². The smallest absolute Gasteiger partial charge is 0.333 e. The Hall–Kier alpha value is -2.28. The molecule has 4 heteroatoms. The summed E-state index contributed by atoms with van der Waals surface area (Å²) in [6, 6.07) is 7.24. The third kappa shape index (κ3) is 1.84. The Balaban J connectivity index is 2.36. The highest BCUT2D eigenvalue weighted by Gasteiger charge is 2.44. The molecule has 2 rings (SSSR count). The Morgan fingerprint density at radius 3 is 2.94 bits per heavy atom. The van der Waals surface area contributed by atoms with Gasteiger partial charge in [0.1, 0.15) is 5.75 Å². The summed E-state index contributed by atoms with van der Waals surface area (Å²) in [7, 11) is 0. The van der Waals surface area contributed by atoms with E-state index in [9.17, 15) is 4.79 Å². The van der Waals surface area contributed by atoms with Gasteiger partial charge in [-0.05, 0) is 32.0 Å². The van der Waals surface area contributed by atoms with E-state index in [0.717, 1.165) is 11.6 Å². The summed E-state index contributed by atoms with van der Waals surface area (Å²) in [5.74, 6) is 0.113. The summed E-state index contributed by atoms with van der Waals surface area (Å²) in [6.45, 7) is 7.16. The zero-order chi connectivity index (χ0) is 13.3. The maximum atomic E-state index is 11.3. The van der Waals surface area contributed by atoms with Crippen LogP contribution in [0.15, 0.2) is 30.9 Å². The highest BCUT2D eigenvalue weighted by molar-refractivity contribution is 5.81. The van der Waals surface area contributed by atoms with Gasteiger partial charge in [0, 0.05) is 11.6 Å². The molecular formula is C14H13NO3. The van der Waals surface area contributed by atoms with Crippen LogP contribution in [0, 0.1) is 11.3 Å². The van der Waals surface area contributed by atoms with Crippen molar-refractivity contribution in [3.63, 3.8) is 0 Å². The number of nitriles is 1. The number of fused-ring (bicyclic) bond motifs is 1. The largest absolute Gasteiger partial charge is 0.453 e. The van der Waals surface area contributed by atoms with Crippen LogP contribution in [0.25, 0.3) is 0 Å². The minimum atomic E-state index is -0.702. The second-order valence-electron chi connectivity index (χ2n) is 4.64. The zero-order valence-electron chi connectivity index (χ0n) is 10.3. The molecule has 0 fully saturated rings. The van der Waals surface area contributed by atoms with Crippen LogP contribution in [-0.4, -0.2) is 12.3 Å². The van der Waals surface area contributed by atoms with Gasteiger partial charge in [0.25, 0.3) is 6.29 Å². The van der Waals surface area contributed by atoms with Crippen molar-refractivity contribution in [2.75, 3.05) is 0 Å². The van der Waals surface area contributed by atoms with E-state index in [4.69, 9.17) is 14.7 Å². The van der Waals surface area contributed by atoms with Crippen molar-refractivity contribution >= 4 is 5.97 Å². The van der Waals surface area contributed by atoms with Crippen LogP contribution in [0.5, 0.6) is 5.75 Å². The van der Waals surface area contributed by atoms with Gasteiger partial charge in [-0.1, -0.05) is 6.58 Å². The molecule has 1 aromatic rings. The number of nitrogens with zero attached hydrogens (tertiary/aromatic N) is 1. The molecule has 0 bridgehead atoms. The SMILES string of the molecule is C=CC(=O)OC1Oc2ccc(C#N)cc2C1(C)C. The Kier molecular flexibility index (Phi) is 2.84. The summed E-state index contributed by atoms with van der Waals surface area (Å²) in [5.41, 5.74) is 0.922. The first-order valence-corrected chi connectivity index (χ1v) is 5.53. The number of hydrogen-bond donors (Lipinski definition) is 0. The molecule has 1 aliphatic rings. The van der Waals surface area contributed by atoms with Crippen molar-refractivity contribution in [2.45, 2.75) is 25.6 Å². The number of rotatable bonds is 2. The quantitative estimate of drug-likeness (QED) is 0.590. The molecule has 0 spiro atoms. The molecule has 0 radical (unpaired) electrons. The van der Waals surface area contributed by atoms with Gasteiger partial charge in [0.2, 0.25) is 0 Å². The van der Waals surface area contributed by atoms with Gasteiger partial charge >= 0.3 is 5.97 Å². The summed E-state index contributed by atoms with van der Waals surface area (Å²) < 4.78 is 10.8. The zero-order valence-corrected chi connectivity index (χ0v) is 10.3. The standard InChI is InChI=1S/C14H13NO3/c1-4-12(16)18-13-14(2,3)10-7-9(8-15)5-6-11(10)17-13/h4-7,13H,1H2,2-3H3. The average Bonchev–Trinajstić information content (AvgIpc) is 2.61. The van der Waals surface area contributed by atoms with Crippen LogP contribution in [0.1, 0.15) is 25.0 Å². The Labute approximate surface area is 105 Å². The molecule has 1 heterocycles. The van der Waals surface area contributed by atoms with E-state index >= 15 is 0 Å². The fraction of sp³-hybridized carbons (Fsp3) is 0.286. The summed E-state index contributed by atoms with van der Waals surface area (Å²) in [4.78, 5) is 11.3. The first-order chi connectivity index (χ1) is 8.48. The molecule has 0 amide bonds. The number of carbonyl (C=O) groups is 1. The molecule has 0 aromatic heterocycles. The molecule has 1 unspecified atom stereocenters. The molecular weight excluding hydrogens is 230 g/mol. The van der Waals surface area contributed by atoms with Crippen molar-refractivity contribution in [3.05, 3.63) is 42.0 Å². The second kappa shape index (κ2) is 4.19.